The Morgan fingerprint density at radius 1 is 1.10 bits per heavy atom. The number of aryl methyl sites for hydroxylation is 1. The summed E-state index contributed by atoms with van der Waals surface area (Å²) in [6.07, 6.45) is 2.26. The van der Waals surface area contributed by atoms with Crippen molar-refractivity contribution in [3.05, 3.63) is 60.3 Å². The zero-order valence-corrected chi connectivity index (χ0v) is 16.4. The molecule has 30 heavy (non-hydrogen) atoms. The molecule has 1 aromatic heterocycles. The molecular weight excluding hydrogens is 394 g/mol. The minimum absolute atomic E-state index is 0.0741. The molecule has 6 nitrogen and oxygen atoms in total. The lowest BCUT2D eigenvalue weighted by atomic mass is 10.1. The van der Waals surface area contributed by atoms with Gasteiger partial charge >= 0.3 is 12.6 Å². The van der Waals surface area contributed by atoms with Crippen molar-refractivity contribution in [3.63, 3.8) is 0 Å². The van der Waals surface area contributed by atoms with Crippen LogP contribution in [0.25, 0.3) is 10.9 Å². The number of esters is 1. The number of carbonyl (C=O) groups excluding carboxylic acids is 2. The molecular formula is C22H22F2N2O4. The number of hydrogen-bond donors (Lipinski definition) is 2. The number of fused-ring (bicyclic) bond motifs is 1. The molecule has 0 saturated carbocycles. The lowest BCUT2D eigenvalue weighted by molar-refractivity contribution is -0.153. The molecule has 2 aromatic carbocycles. The van der Waals surface area contributed by atoms with Gasteiger partial charge in [0.1, 0.15) is 5.75 Å². The molecule has 8 heteroatoms. The predicted molar refractivity (Wildman–Crippen MR) is 108 cm³/mol. The van der Waals surface area contributed by atoms with Crippen LogP contribution in [-0.2, 0) is 20.7 Å². The predicted octanol–water partition coefficient (Wildman–Crippen LogP) is 4.66. The van der Waals surface area contributed by atoms with Gasteiger partial charge in [-0.15, -0.1) is 0 Å². The van der Waals surface area contributed by atoms with Crippen molar-refractivity contribution in [2.24, 2.45) is 0 Å². The number of anilines is 1. The second-order valence-corrected chi connectivity index (χ2v) is 6.71. The molecule has 0 fully saturated rings. The number of H-pyrrole nitrogens is 1. The van der Waals surface area contributed by atoms with Crippen molar-refractivity contribution < 1.29 is 27.8 Å². The molecule has 1 unspecified atom stereocenters. The maximum Gasteiger partial charge on any atom is 0.387 e. The van der Waals surface area contributed by atoms with Gasteiger partial charge in [0.2, 0.25) is 0 Å². The van der Waals surface area contributed by atoms with Crippen LogP contribution in [0, 0.1) is 0 Å². The largest absolute Gasteiger partial charge is 0.453 e. The first-order valence-electron chi connectivity index (χ1n) is 9.53. The Labute approximate surface area is 172 Å². The van der Waals surface area contributed by atoms with E-state index in [2.05, 4.69) is 15.0 Å². The lowest BCUT2D eigenvalue weighted by Crippen LogP contribution is -2.30. The summed E-state index contributed by atoms with van der Waals surface area (Å²) in [5.41, 5.74) is 2.22. The first-order chi connectivity index (χ1) is 14.4. The summed E-state index contributed by atoms with van der Waals surface area (Å²) in [5, 5.41) is 3.56. The van der Waals surface area contributed by atoms with E-state index in [1.165, 1.54) is 25.1 Å². The van der Waals surface area contributed by atoms with E-state index in [1.807, 2.05) is 30.5 Å². The van der Waals surface area contributed by atoms with Gasteiger partial charge in [-0.25, -0.2) is 0 Å². The molecule has 1 atom stereocenters. The summed E-state index contributed by atoms with van der Waals surface area (Å²) in [4.78, 5) is 27.5. The third-order valence-corrected chi connectivity index (χ3v) is 4.54. The quantitative estimate of drug-likeness (QED) is 0.497. The topological polar surface area (TPSA) is 80.4 Å². The van der Waals surface area contributed by atoms with Crippen molar-refractivity contribution in [1.29, 1.82) is 0 Å². The monoisotopic (exact) mass is 416 g/mol. The van der Waals surface area contributed by atoms with Gasteiger partial charge in [0.15, 0.2) is 6.10 Å². The second kappa shape index (κ2) is 9.87. The van der Waals surface area contributed by atoms with E-state index in [0.717, 1.165) is 16.5 Å². The van der Waals surface area contributed by atoms with E-state index in [9.17, 15) is 18.4 Å². The summed E-state index contributed by atoms with van der Waals surface area (Å²) >= 11 is 0. The Balaban J connectivity index is 1.47. The highest BCUT2D eigenvalue weighted by Crippen LogP contribution is 2.26. The van der Waals surface area contributed by atoms with E-state index in [1.54, 1.807) is 6.07 Å². The molecule has 1 amide bonds. The van der Waals surface area contributed by atoms with E-state index in [0.29, 0.717) is 12.8 Å². The minimum Gasteiger partial charge on any atom is -0.453 e. The van der Waals surface area contributed by atoms with Crippen LogP contribution in [0.3, 0.4) is 0 Å². The molecule has 0 aliphatic rings. The van der Waals surface area contributed by atoms with Gasteiger partial charge in [0, 0.05) is 23.5 Å². The first-order valence-corrected chi connectivity index (χ1v) is 9.53. The Kier molecular flexibility index (Phi) is 7.00. The molecule has 0 bridgehead atoms. The normalized spacial score (nSPS) is 12.0. The Morgan fingerprint density at radius 2 is 1.83 bits per heavy atom. The number of hydrogen-bond acceptors (Lipinski definition) is 4. The Morgan fingerprint density at radius 3 is 2.63 bits per heavy atom. The first kappa shape index (κ1) is 21.3. The van der Waals surface area contributed by atoms with Gasteiger partial charge < -0.3 is 19.8 Å². The number of aromatic amines is 1. The molecule has 0 saturated heterocycles. The number of para-hydroxylation sites is 3. The number of benzene rings is 2. The van der Waals surface area contributed by atoms with Crippen molar-refractivity contribution in [2.75, 3.05) is 5.32 Å². The molecule has 0 aliphatic heterocycles. The highest BCUT2D eigenvalue weighted by Gasteiger charge is 2.20. The molecule has 1 heterocycles. The third kappa shape index (κ3) is 5.56. The summed E-state index contributed by atoms with van der Waals surface area (Å²) in [6.45, 7) is -1.60. The zero-order valence-electron chi connectivity index (χ0n) is 16.4. The summed E-state index contributed by atoms with van der Waals surface area (Å²) in [5.74, 6) is -1.31. The summed E-state index contributed by atoms with van der Waals surface area (Å²) in [7, 11) is 0. The van der Waals surface area contributed by atoms with E-state index < -0.39 is 24.6 Å². The molecule has 0 spiro atoms. The van der Waals surface area contributed by atoms with E-state index >= 15 is 0 Å². The molecule has 0 aliphatic carbocycles. The van der Waals surface area contributed by atoms with E-state index in [-0.39, 0.29) is 17.9 Å². The fourth-order valence-corrected chi connectivity index (χ4v) is 3.07. The van der Waals surface area contributed by atoms with Gasteiger partial charge in [0.25, 0.3) is 5.91 Å². The van der Waals surface area contributed by atoms with Crippen LogP contribution in [0.2, 0.25) is 0 Å². The van der Waals surface area contributed by atoms with Crippen LogP contribution in [0.4, 0.5) is 14.5 Å². The number of amides is 1. The van der Waals surface area contributed by atoms with Crippen molar-refractivity contribution in [2.45, 2.75) is 38.9 Å². The van der Waals surface area contributed by atoms with Crippen LogP contribution in [0.15, 0.2) is 54.7 Å². The van der Waals surface area contributed by atoms with Gasteiger partial charge in [-0.1, -0.05) is 30.3 Å². The lowest BCUT2D eigenvalue weighted by Gasteiger charge is -2.15. The van der Waals surface area contributed by atoms with Crippen LogP contribution in [-0.4, -0.2) is 29.6 Å². The number of aromatic nitrogens is 1. The standard InChI is InChI=1S/C22H22F2N2O4/c1-14(21(28)26-18-10-4-5-11-19(18)30-22(23)24)29-20(27)12-6-7-15-13-25-17-9-3-2-8-16(15)17/h2-5,8-11,13-14,22,25H,6-7,12H2,1H3,(H,26,28). The van der Waals surface area contributed by atoms with Gasteiger partial charge in [0.05, 0.1) is 5.69 Å². The smallest absolute Gasteiger partial charge is 0.387 e. The van der Waals surface area contributed by atoms with Crippen LogP contribution in [0.1, 0.15) is 25.3 Å². The minimum atomic E-state index is -3.02. The Bertz CT molecular complexity index is 1020. The van der Waals surface area contributed by atoms with Crippen LogP contribution in [0.5, 0.6) is 5.75 Å². The maximum atomic E-state index is 12.5. The molecule has 3 aromatic rings. The highest BCUT2D eigenvalue weighted by molar-refractivity contribution is 5.96. The highest BCUT2D eigenvalue weighted by atomic mass is 19.3. The van der Waals surface area contributed by atoms with Crippen molar-refractivity contribution in [3.8, 4) is 5.75 Å². The summed E-state index contributed by atoms with van der Waals surface area (Å²) < 4.78 is 34.5. The third-order valence-electron chi connectivity index (χ3n) is 4.54. The zero-order chi connectivity index (χ0) is 21.5. The SMILES string of the molecule is CC(OC(=O)CCCc1c[nH]c2ccccc12)C(=O)Nc1ccccc1OC(F)F. The maximum absolute atomic E-state index is 12.5. The van der Waals surface area contributed by atoms with Crippen LogP contribution < -0.4 is 10.1 Å². The number of carbonyl (C=O) groups is 2. The van der Waals surface area contributed by atoms with Crippen molar-refractivity contribution >= 4 is 28.5 Å². The number of rotatable bonds is 9. The fraction of sp³-hybridized carbons (Fsp3) is 0.273. The number of halogens is 2. The fourth-order valence-electron chi connectivity index (χ4n) is 3.07. The van der Waals surface area contributed by atoms with Crippen LogP contribution >= 0.6 is 0 Å². The molecule has 158 valence electrons. The number of ether oxygens (including phenoxy) is 2. The average Bonchev–Trinajstić information content (AvgIpc) is 3.12. The average molecular weight is 416 g/mol. The van der Waals surface area contributed by atoms with Gasteiger partial charge in [-0.05, 0) is 43.5 Å². The summed E-state index contributed by atoms with van der Waals surface area (Å²) in [6, 6.07) is 13.7. The molecule has 2 N–H and O–H groups in total. The number of nitrogens with one attached hydrogen (secondary N) is 2. The number of alkyl halides is 2. The second-order valence-electron chi connectivity index (χ2n) is 6.71. The molecule has 3 rings (SSSR count). The van der Waals surface area contributed by atoms with Crippen molar-refractivity contribution in [1.82, 2.24) is 4.98 Å². The van der Waals surface area contributed by atoms with Gasteiger partial charge in [-0.2, -0.15) is 8.78 Å². The van der Waals surface area contributed by atoms with Gasteiger partial charge in [-0.3, -0.25) is 9.59 Å². The Hall–Kier alpha value is -3.42. The molecule has 0 radical (unpaired) electrons. The van der Waals surface area contributed by atoms with E-state index in [4.69, 9.17) is 4.74 Å².